The molecule has 2 aromatic carbocycles. The number of ether oxygens (including phenoxy) is 1. The fourth-order valence-corrected chi connectivity index (χ4v) is 4.28. The molecule has 1 heterocycles. The van der Waals surface area contributed by atoms with Crippen molar-refractivity contribution >= 4 is 11.7 Å². The summed E-state index contributed by atoms with van der Waals surface area (Å²) in [6, 6.07) is 8.14. The molecule has 1 aliphatic carbocycles. The predicted molar refractivity (Wildman–Crippen MR) is 106 cm³/mol. The SMILES string of the molecule is CC1(C)C[C@@H](NC(=O)Nc2cccc3c2C[C@H](O)C3)c2cccc(C(F)(F)F)c2O1. The molecule has 0 aromatic heterocycles. The molecule has 0 saturated carbocycles. The Bertz CT molecular complexity index is 988. The number of aliphatic hydroxyl groups excluding tert-OH is 1. The van der Waals surface area contributed by atoms with Crippen LogP contribution in [0, 0.1) is 0 Å². The standard InChI is InChI=1S/C22H23F3N2O3/c1-21(2)11-18(14-6-4-7-16(19(14)30-21)22(23,24)25)27-20(29)26-17-8-3-5-12-9-13(28)10-15(12)17/h3-8,13,18,28H,9-11H2,1-2H3,(H2,26,27,29)/t13-,18-/m1/s1. The van der Waals surface area contributed by atoms with E-state index in [1.165, 1.54) is 6.07 Å². The van der Waals surface area contributed by atoms with Crippen LogP contribution in [0.15, 0.2) is 36.4 Å². The minimum Gasteiger partial charge on any atom is -0.487 e. The number of urea groups is 1. The third-order valence-corrected chi connectivity index (χ3v) is 5.52. The van der Waals surface area contributed by atoms with Gasteiger partial charge in [0.2, 0.25) is 0 Å². The van der Waals surface area contributed by atoms with Gasteiger partial charge in [0.05, 0.1) is 17.7 Å². The summed E-state index contributed by atoms with van der Waals surface area (Å²) in [4.78, 5) is 12.7. The lowest BCUT2D eigenvalue weighted by molar-refractivity contribution is -0.140. The van der Waals surface area contributed by atoms with Crippen molar-refractivity contribution in [3.8, 4) is 5.75 Å². The minimum absolute atomic E-state index is 0.240. The van der Waals surface area contributed by atoms with Crippen molar-refractivity contribution in [2.75, 3.05) is 5.32 Å². The number of nitrogens with one attached hydrogen (secondary N) is 2. The number of benzene rings is 2. The highest BCUT2D eigenvalue weighted by molar-refractivity contribution is 5.91. The molecule has 2 atom stereocenters. The minimum atomic E-state index is -4.56. The molecule has 8 heteroatoms. The van der Waals surface area contributed by atoms with E-state index in [-0.39, 0.29) is 5.75 Å². The normalized spacial score (nSPS) is 21.9. The summed E-state index contributed by atoms with van der Waals surface area (Å²) < 4.78 is 46.1. The molecule has 0 bridgehead atoms. The number of aliphatic hydroxyl groups is 1. The fraction of sp³-hybridized carbons (Fsp3) is 0.409. The highest BCUT2D eigenvalue weighted by Gasteiger charge is 2.42. The van der Waals surface area contributed by atoms with Crippen LogP contribution in [0.3, 0.4) is 0 Å². The second kappa shape index (κ2) is 7.19. The molecule has 1 aliphatic heterocycles. The van der Waals surface area contributed by atoms with Crippen LogP contribution >= 0.6 is 0 Å². The number of carbonyl (C=O) groups is 1. The van der Waals surface area contributed by atoms with E-state index in [4.69, 9.17) is 4.74 Å². The number of fused-ring (bicyclic) bond motifs is 2. The van der Waals surface area contributed by atoms with Gasteiger partial charge in [-0.1, -0.05) is 24.3 Å². The number of hydrogen-bond acceptors (Lipinski definition) is 3. The van der Waals surface area contributed by atoms with Crippen molar-refractivity contribution in [1.29, 1.82) is 0 Å². The molecule has 4 rings (SSSR count). The van der Waals surface area contributed by atoms with Gasteiger partial charge >= 0.3 is 12.2 Å². The van der Waals surface area contributed by atoms with Gasteiger partial charge in [0, 0.05) is 24.1 Å². The maximum Gasteiger partial charge on any atom is 0.419 e. The summed E-state index contributed by atoms with van der Waals surface area (Å²) in [5.74, 6) is -0.240. The third-order valence-electron chi connectivity index (χ3n) is 5.52. The topological polar surface area (TPSA) is 70.6 Å². The summed E-state index contributed by atoms with van der Waals surface area (Å²) in [7, 11) is 0. The Balaban J connectivity index is 1.59. The molecule has 5 nitrogen and oxygen atoms in total. The first-order valence-corrected chi connectivity index (χ1v) is 9.79. The van der Waals surface area contributed by atoms with Gasteiger partial charge < -0.3 is 20.5 Å². The largest absolute Gasteiger partial charge is 0.487 e. The van der Waals surface area contributed by atoms with E-state index in [9.17, 15) is 23.1 Å². The molecule has 30 heavy (non-hydrogen) atoms. The average Bonchev–Trinajstić information content (AvgIpc) is 3.00. The van der Waals surface area contributed by atoms with Gasteiger partial charge in [-0.3, -0.25) is 0 Å². The van der Waals surface area contributed by atoms with Crippen LogP contribution in [0.1, 0.15) is 48.6 Å². The van der Waals surface area contributed by atoms with Gasteiger partial charge in [-0.15, -0.1) is 0 Å². The highest BCUT2D eigenvalue weighted by atomic mass is 19.4. The Hall–Kier alpha value is -2.74. The number of rotatable bonds is 2. The van der Waals surface area contributed by atoms with E-state index in [0.29, 0.717) is 30.5 Å². The van der Waals surface area contributed by atoms with Crippen molar-refractivity contribution in [2.45, 2.75) is 57.0 Å². The predicted octanol–water partition coefficient (Wildman–Crippen LogP) is 4.59. The number of anilines is 1. The van der Waals surface area contributed by atoms with Gasteiger partial charge in [-0.05, 0) is 43.5 Å². The summed E-state index contributed by atoms with van der Waals surface area (Å²) in [6.07, 6.45) is -3.73. The number of amides is 2. The van der Waals surface area contributed by atoms with Crippen LogP contribution in [0.4, 0.5) is 23.7 Å². The average molecular weight is 420 g/mol. The van der Waals surface area contributed by atoms with Crippen molar-refractivity contribution < 1.29 is 27.8 Å². The lowest BCUT2D eigenvalue weighted by Gasteiger charge is -2.39. The third kappa shape index (κ3) is 3.96. The Labute approximate surface area is 172 Å². The molecule has 0 saturated heterocycles. The molecule has 3 N–H and O–H groups in total. The van der Waals surface area contributed by atoms with Crippen molar-refractivity contribution in [2.24, 2.45) is 0 Å². The molecule has 0 spiro atoms. The van der Waals surface area contributed by atoms with Gasteiger partial charge in [-0.25, -0.2) is 4.79 Å². The monoisotopic (exact) mass is 420 g/mol. The van der Waals surface area contributed by atoms with Crippen LogP contribution in [0.25, 0.3) is 0 Å². The zero-order valence-electron chi connectivity index (χ0n) is 16.6. The summed E-state index contributed by atoms with van der Waals surface area (Å²) in [5, 5.41) is 15.5. The van der Waals surface area contributed by atoms with Crippen LogP contribution < -0.4 is 15.4 Å². The first kappa shape index (κ1) is 20.5. The first-order chi connectivity index (χ1) is 14.0. The Kier molecular flexibility index (Phi) is 4.92. The maximum absolute atomic E-state index is 13.5. The molecule has 2 amide bonds. The van der Waals surface area contributed by atoms with E-state index in [0.717, 1.165) is 17.2 Å². The van der Waals surface area contributed by atoms with E-state index < -0.39 is 35.5 Å². The van der Waals surface area contributed by atoms with Crippen molar-refractivity contribution in [3.63, 3.8) is 0 Å². The molecule has 2 aromatic rings. The van der Waals surface area contributed by atoms with Crippen LogP contribution in [0.2, 0.25) is 0 Å². The second-order valence-corrected chi connectivity index (χ2v) is 8.44. The lowest BCUT2D eigenvalue weighted by atomic mass is 9.88. The highest BCUT2D eigenvalue weighted by Crippen LogP contribution is 2.46. The number of halogens is 3. The molecular weight excluding hydrogens is 397 g/mol. The summed E-state index contributed by atoms with van der Waals surface area (Å²) in [6.45, 7) is 3.39. The number of para-hydroxylation sites is 1. The molecule has 0 radical (unpaired) electrons. The molecule has 2 aliphatic rings. The number of alkyl halides is 3. The number of hydrogen-bond donors (Lipinski definition) is 3. The molecule has 0 fully saturated rings. The van der Waals surface area contributed by atoms with Gasteiger partial charge in [0.25, 0.3) is 0 Å². The van der Waals surface area contributed by atoms with Crippen LogP contribution in [0.5, 0.6) is 5.75 Å². The van der Waals surface area contributed by atoms with Crippen molar-refractivity contribution in [3.05, 3.63) is 58.7 Å². The first-order valence-electron chi connectivity index (χ1n) is 9.79. The van der Waals surface area contributed by atoms with Crippen LogP contribution in [-0.4, -0.2) is 22.8 Å². The van der Waals surface area contributed by atoms with Gasteiger partial charge in [0.1, 0.15) is 11.4 Å². The molecular formula is C22H23F3N2O3. The Morgan fingerprint density at radius 2 is 1.90 bits per heavy atom. The quantitative estimate of drug-likeness (QED) is 0.666. The Morgan fingerprint density at radius 3 is 2.63 bits per heavy atom. The zero-order chi connectivity index (χ0) is 21.7. The van der Waals surface area contributed by atoms with E-state index in [1.807, 2.05) is 6.07 Å². The smallest absolute Gasteiger partial charge is 0.419 e. The molecule has 160 valence electrons. The Morgan fingerprint density at radius 1 is 1.17 bits per heavy atom. The second-order valence-electron chi connectivity index (χ2n) is 8.44. The number of carbonyl (C=O) groups excluding carboxylic acids is 1. The summed E-state index contributed by atoms with van der Waals surface area (Å²) in [5.41, 5.74) is 1.02. The van der Waals surface area contributed by atoms with E-state index in [1.54, 1.807) is 32.0 Å². The van der Waals surface area contributed by atoms with Gasteiger partial charge in [-0.2, -0.15) is 13.2 Å². The van der Waals surface area contributed by atoms with E-state index in [2.05, 4.69) is 10.6 Å². The zero-order valence-corrected chi connectivity index (χ0v) is 16.6. The maximum atomic E-state index is 13.5. The van der Waals surface area contributed by atoms with E-state index >= 15 is 0 Å². The fourth-order valence-electron chi connectivity index (χ4n) is 4.28. The molecule has 0 unspecified atom stereocenters. The van der Waals surface area contributed by atoms with Gasteiger partial charge in [0.15, 0.2) is 0 Å². The van der Waals surface area contributed by atoms with Crippen LogP contribution in [-0.2, 0) is 19.0 Å². The lowest BCUT2D eigenvalue weighted by Crippen LogP contribution is -2.43. The van der Waals surface area contributed by atoms with Crippen molar-refractivity contribution in [1.82, 2.24) is 5.32 Å². The summed E-state index contributed by atoms with van der Waals surface area (Å²) >= 11 is 0.